The summed E-state index contributed by atoms with van der Waals surface area (Å²) in [6.45, 7) is 7.25. The van der Waals surface area contributed by atoms with Crippen LogP contribution in [0.15, 0.2) is 207 Å². The molecule has 5 N–H and O–H groups in total. The van der Waals surface area contributed by atoms with Crippen molar-refractivity contribution in [1.29, 1.82) is 5.41 Å². The van der Waals surface area contributed by atoms with E-state index < -0.39 is 0 Å². The Morgan fingerprint density at radius 3 is 1.89 bits per heavy atom. The highest BCUT2D eigenvalue weighted by molar-refractivity contribution is 6.10. The maximum absolute atomic E-state index is 7.01. The number of allylic oxidation sites excluding steroid dienone is 4. The number of nitrogens with two attached hydrogens (primary N) is 2. The van der Waals surface area contributed by atoms with Crippen LogP contribution < -0.4 is 16.4 Å². The molecule has 1 aliphatic rings. The smallest absolute Gasteiger partial charge is 0.122 e. The molecule has 0 fully saturated rings. The minimum Gasteiger partial charge on any atom is -0.384 e. The summed E-state index contributed by atoms with van der Waals surface area (Å²) in [5.41, 5.74) is 24.0. The molecular formula is C51H45N5. The summed E-state index contributed by atoms with van der Waals surface area (Å²) in [4.78, 5) is 2.26. The topological polar surface area (TPSA) is 84.1 Å². The Kier molecular flexibility index (Phi) is 11.5. The summed E-state index contributed by atoms with van der Waals surface area (Å²) in [5.74, 6) is 0.121. The zero-order valence-electron chi connectivity index (χ0n) is 31.5. The van der Waals surface area contributed by atoms with E-state index in [1.54, 1.807) is 0 Å². The van der Waals surface area contributed by atoms with Gasteiger partial charge in [-0.2, -0.15) is 0 Å². The summed E-state index contributed by atoms with van der Waals surface area (Å²) >= 11 is 0. The summed E-state index contributed by atoms with van der Waals surface area (Å²) in [5, 5.41) is 9.50. The molecule has 1 aromatic heterocycles. The van der Waals surface area contributed by atoms with Crippen LogP contribution in [0.2, 0.25) is 0 Å². The number of anilines is 2. The number of amidine groups is 1. The highest BCUT2D eigenvalue weighted by Crippen LogP contribution is 2.38. The highest BCUT2D eigenvalue weighted by atomic mass is 15.1. The van der Waals surface area contributed by atoms with Crippen molar-refractivity contribution in [2.24, 2.45) is 11.5 Å². The van der Waals surface area contributed by atoms with Crippen LogP contribution in [0.3, 0.4) is 0 Å². The van der Waals surface area contributed by atoms with E-state index in [-0.39, 0.29) is 5.84 Å². The average Bonchev–Trinajstić information content (AvgIpc) is 3.58. The Bertz CT molecular complexity index is 2650. The van der Waals surface area contributed by atoms with Crippen LogP contribution in [0.1, 0.15) is 27.8 Å². The quantitative estimate of drug-likeness (QED) is 0.122. The van der Waals surface area contributed by atoms with Crippen LogP contribution in [0.5, 0.6) is 0 Å². The number of aryl methyl sites for hydroxylation is 1. The lowest BCUT2D eigenvalue weighted by Crippen LogP contribution is -2.11. The first-order valence-corrected chi connectivity index (χ1v) is 18.7. The van der Waals surface area contributed by atoms with Gasteiger partial charge in [-0.1, -0.05) is 146 Å². The maximum atomic E-state index is 7.01. The highest BCUT2D eigenvalue weighted by Gasteiger charge is 2.17. The average molecular weight is 728 g/mol. The van der Waals surface area contributed by atoms with Gasteiger partial charge in [-0.05, 0) is 89.9 Å². The van der Waals surface area contributed by atoms with Gasteiger partial charge in [0, 0.05) is 46.0 Å². The zero-order valence-corrected chi connectivity index (χ0v) is 31.5. The van der Waals surface area contributed by atoms with Crippen LogP contribution in [0, 0.1) is 12.3 Å². The van der Waals surface area contributed by atoms with E-state index in [2.05, 4.69) is 163 Å². The Balaban J connectivity index is 0.000000233. The van der Waals surface area contributed by atoms with Crippen LogP contribution in [0.25, 0.3) is 38.6 Å². The molecule has 0 spiro atoms. The van der Waals surface area contributed by atoms with Crippen LogP contribution in [-0.2, 0) is 6.54 Å². The van der Waals surface area contributed by atoms with Gasteiger partial charge >= 0.3 is 0 Å². The summed E-state index contributed by atoms with van der Waals surface area (Å²) < 4.78 is 2.35. The van der Waals surface area contributed by atoms with Crippen molar-refractivity contribution in [3.05, 3.63) is 235 Å². The fraction of sp³-hybridized carbons (Fsp3) is 0.0392. The fourth-order valence-corrected chi connectivity index (χ4v) is 6.85. The van der Waals surface area contributed by atoms with Crippen LogP contribution >= 0.6 is 0 Å². The number of nitrogens with zero attached hydrogens (tertiary/aromatic N) is 2. The van der Waals surface area contributed by atoms with E-state index in [1.165, 1.54) is 44.2 Å². The third-order valence-corrected chi connectivity index (χ3v) is 9.74. The lowest BCUT2D eigenvalue weighted by atomic mass is 9.95. The summed E-state index contributed by atoms with van der Waals surface area (Å²) in [7, 11) is 0. The van der Waals surface area contributed by atoms with E-state index in [9.17, 15) is 0 Å². The molecule has 274 valence electrons. The minimum atomic E-state index is 0.121. The Labute approximate surface area is 329 Å². The SMILES string of the molecule is C=C1/C=C(c2ccc3c(c2)c2ccccc2n3-c2ccccc2)\C=C/N(c2ccc(C)cc2)c2ccccc21.N=C(N)c1ccccc1.NCc1ccccc1. The first-order chi connectivity index (χ1) is 27.4. The lowest BCUT2D eigenvalue weighted by Gasteiger charge is -2.26. The Hall–Kier alpha value is -7.21. The molecule has 1 aliphatic heterocycles. The molecule has 0 unspecified atom stereocenters. The van der Waals surface area contributed by atoms with E-state index in [1.807, 2.05) is 60.7 Å². The summed E-state index contributed by atoms with van der Waals surface area (Å²) in [6.07, 6.45) is 6.59. The van der Waals surface area contributed by atoms with Gasteiger partial charge in [0.2, 0.25) is 0 Å². The molecule has 0 atom stereocenters. The number of hydrogen-bond acceptors (Lipinski definition) is 3. The number of nitrogen functional groups attached to an aromatic ring is 1. The molecule has 0 bridgehead atoms. The number of benzene rings is 7. The lowest BCUT2D eigenvalue weighted by molar-refractivity contribution is 1.07. The molecule has 5 nitrogen and oxygen atoms in total. The molecule has 56 heavy (non-hydrogen) atoms. The van der Waals surface area contributed by atoms with E-state index in [0.29, 0.717) is 6.54 Å². The van der Waals surface area contributed by atoms with Crippen molar-refractivity contribution in [3.63, 3.8) is 0 Å². The fourth-order valence-electron chi connectivity index (χ4n) is 6.85. The first kappa shape index (κ1) is 37.1. The summed E-state index contributed by atoms with van der Waals surface area (Å²) in [6, 6.07) is 62.4. The number of rotatable bonds is 5. The van der Waals surface area contributed by atoms with Gasteiger partial charge in [-0.15, -0.1) is 0 Å². The van der Waals surface area contributed by atoms with Crippen molar-refractivity contribution in [3.8, 4) is 5.69 Å². The van der Waals surface area contributed by atoms with Gasteiger partial charge < -0.3 is 20.9 Å². The molecule has 8 aromatic rings. The largest absolute Gasteiger partial charge is 0.384 e. The first-order valence-electron chi connectivity index (χ1n) is 18.7. The number of para-hydroxylation sites is 3. The van der Waals surface area contributed by atoms with Gasteiger partial charge in [-0.25, -0.2) is 0 Å². The third kappa shape index (κ3) is 8.29. The standard InChI is InChI=1S/C37H28N2.C7H8N2.C7H9N/c1-26-16-19-30(20-17-26)38-23-22-29(24-27(2)32-12-6-8-14-35(32)38)28-18-21-37-34(25-28)33-13-7-9-15-36(33)39(37)31-10-4-3-5-11-31;8-7(9)6-4-2-1-3-5-6;8-6-7-4-2-1-3-5-7/h3-25H,2H2,1H3;1-5H,(H3,8,9);1-5H,6,8H2/b23-22-,29-24+;;. The second-order valence-electron chi connectivity index (χ2n) is 13.6. The van der Waals surface area contributed by atoms with Gasteiger partial charge in [0.25, 0.3) is 0 Å². The van der Waals surface area contributed by atoms with Gasteiger partial charge in [0.05, 0.1) is 16.7 Å². The van der Waals surface area contributed by atoms with Crippen LogP contribution in [-0.4, -0.2) is 10.4 Å². The monoisotopic (exact) mass is 727 g/mol. The molecule has 5 heteroatoms. The van der Waals surface area contributed by atoms with Crippen molar-refractivity contribution in [2.75, 3.05) is 4.90 Å². The van der Waals surface area contributed by atoms with Crippen LogP contribution in [0.4, 0.5) is 11.4 Å². The Morgan fingerprint density at radius 2 is 1.23 bits per heavy atom. The zero-order chi connectivity index (χ0) is 38.9. The molecule has 0 aliphatic carbocycles. The number of hydrogen-bond donors (Lipinski definition) is 3. The second kappa shape index (κ2) is 17.3. The molecule has 7 aromatic carbocycles. The molecule has 9 rings (SSSR count). The number of aromatic nitrogens is 1. The van der Waals surface area contributed by atoms with Crippen molar-refractivity contribution in [2.45, 2.75) is 13.5 Å². The molecule has 0 radical (unpaired) electrons. The van der Waals surface area contributed by atoms with Gasteiger partial charge in [-0.3, -0.25) is 5.41 Å². The number of fused-ring (bicyclic) bond motifs is 4. The van der Waals surface area contributed by atoms with Crippen molar-refractivity contribution >= 4 is 50.2 Å². The Morgan fingerprint density at radius 1 is 0.625 bits per heavy atom. The molecule has 0 saturated carbocycles. The molecule has 0 saturated heterocycles. The molecule has 0 amide bonds. The van der Waals surface area contributed by atoms with E-state index in [0.717, 1.165) is 33.6 Å². The van der Waals surface area contributed by atoms with Gasteiger partial charge in [0.15, 0.2) is 0 Å². The molecular weight excluding hydrogens is 683 g/mol. The third-order valence-electron chi connectivity index (χ3n) is 9.74. The maximum Gasteiger partial charge on any atom is 0.122 e. The van der Waals surface area contributed by atoms with Gasteiger partial charge in [0.1, 0.15) is 5.84 Å². The number of nitrogens with one attached hydrogen (secondary N) is 1. The minimum absolute atomic E-state index is 0.121. The van der Waals surface area contributed by atoms with E-state index >= 15 is 0 Å². The molecule has 2 heterocycles. The van der Waals surface area contributed by atoms with Crippen molar-refractivity contribution in [1.82, 2.24) is 4.57 Å². The second-order valence-corrected chi connectivity index (χ2v) is 13.6. The van der Waals surface area contributed by atoms with E-state index in [4.69, 9.17) is 16.9 Å². The predicted octanol–water partition coefficient (Wildman–Crippen LogP) is 12.0. The van der Waals surface area contributed by atoms with Crippen molar-refractivity contribution < 1.29 is 0 Å². The predicted molar refractivity (Wildman–Crippen MR) is 238 cm³/mol. The normalized spacial score (nSPS) is 13.5.